The molecule has 0 unspecified atom stereocenters. The van der Waals surface area contributed by atoms with Gasteiger partial charge in [-0.15, -0.1) is 0 Å². The average Bonchev–Trinajstić information content (AvgIpc) is 2.15. The third-order valence-corrected chi connectivity index (χ3v) is 2.52. The highest BCUT2D eigenvalue weighted by atomic mass is 79.9. The number of alkyl halides is 1. The summed E-state index contributed by atoms with van der Waals surface area (Å²) in [6, 6.07) is 8.20. The normalized spacial score (nSPS) is 9.62. The van der Waals surface area contributed by atoms with Crippen molar-refractivity contribution in [2.24, 2.45) is 0 Å². The second kappa shape index (κ2) is 5.04. The predicted molar refractivity (Wildman–Crippen MR) is 58.0 cm³/mol. The zero-order valence-corrected chi connectivity index (χ0v) is 9.26. The van der Waals surface area contributed by atoms with Crippen molar-refractivity contribution in [3.63, 3.8) is 0 Å². The molecule has 0 amide bonds. The Morgan fingerprint density at radius 3 is 2.85 bits per heavy atom. The van der Waals surface area contributed by atoms with Crippen molar-refractivity contribution >= 4 is 15.9 Å². The van der Waals surface area contributed by atoms with Crippen LogP contribution in [-0.4, -0.2) is 5.33 Å². The minimum atomic E-state index is 0.812. The minimum Gasteiger partial charge on any atom is -0.192 e. The molecule has 0 saturated carbocycles. The Labute approximate surface area is 87.5 Å². The van der Waals surface area contributed by atoms with E-state index >= 15 is 0 Å². The van der Waals surface area contributed by atoms with Crippen LogP contribution in [0.4, 0.5) is 0 Å². The quantitative estimate of drug-likeness (QED) is 0.742. The molecule has 0 radical (unpaired) electrons. The molecule has 0 aliphatic rings. The highest BCUT2D eigenvalue weighted by molar-refractivity contribution is 9.09. The molecule has 1 rings (SSSR count). The van der Waals surface area contributed by atoms with E-state index in [-0.39, 0.29) is 0 Å². The Balaban J connectivity index is 2.89. The van der Waals surface area contributed by atoms with Crippen LogP contribution in [-0.2, 0) is 6.42 Å². The van der Waals surface area contributed by atoms with Crippen LogP contribution in [0.25, 0.3) is 0 Å². The number of benzene rings is 1. The summed E-state index contributed by atoms with van der Waals surface area (Å²) in [5.74, 6) is 0. The fourth-order valence-electron chi connectivity index (χ4n) is 1.30. The first-order chi connectivity index (χ1) is 6.27. The summed E-state index contributed by atoms with van der Waals surface area (Å²) in [5.41, 5.74) is 3.21. The Morgan fingerprint density at radius 1 is 1.46 bits per heavy atom. The van der Waals surface area contributed by atoms with Gasteiger partial charge in [0.25, 0.3) is 0 Å². The van der Waals surface area contributed by atoms with Gasteiger partial charge in [0.2, 0.25) is 0 Å². The molecule has 0 aliphatic carbocycles. The van der Waals surface area contributed by atoms with E-state index in [4.69, 9.17) is 5.26 Å². The topological polar surface area (TPSA) is 23.8 Å². The summed E-state index contributed by atoms with van der Waals surface area (Å²) in [5, 5.41) is 9.84. The lowest BCUT2D eigenvalue weighted by molar-refractivity contribution is 0.933. The van der Waals surface area contributed by atoms with Crippen molar-refractivity contribution < 1.29 is 0 Å². The van der Waals surface area contributed by atoms with Crippen LogP contribution in [0.5, 0.6) is 0 Å². The highest BCUT2D eigenvalue weighted by Gasteiger charge is 2.00. The van der Waals surface area contributed by atoms with Crippen LogP contribution in [0.2, 0.25) is 0 Å². The van der Waals surface area contributed by atoms with Gasteiger partial charge in [0.1, 0.15) is 0 Å². The number of nitrogens with zero attached hydrogens (tertiary/aromatic N) is 1. The number of halogens is 1. The summed E-state index contributed by atoms with van der Waals surface area (Å²) >= 11 is 3.39. The molecule has 0 spiro atoms. The molecule has 0 atom stereocenters. The first-order valence-electron chi connectivity index (χ1n) is 4.33. The molecule has 13 heavy (non-hydrogen) atoms. The van der Waals surface area contributed by atoms with Gasteiger partial charge in [0.05, 0.1) is 11.6 Å². The first kappa shape index (κ1) is 10.3. The lowest BCUT2D eigenvalue weighted by Gasteiger charge is -2.03. The van der Waals surface area contributed by atoms with E-state index in [9.17, 15) is 0 Å². The van der Waals surface area contributed by atoms with E-state index in [0.29, 0.717) is 0 Å². The summed E-state index contributed by atoms with van der Waals surface area (Å²) < 4.78 is 0. The van der Waals surface area contributed by atoms with Gasteiger partial charge >= 0.3 is 0 Å². The molecule has 1 aromatic rings. The number of hydrogen-bond acceptors (Lipinski definition) is 1. The molecule has 0 fully saturated rings. The number of rotatable bonds is 3. The van der Waals surface area contributed by atoms with Gasteiger partial charge in [-0.3, -0.25) is 0 Å². The number of hydrogen-bond donors (Lipinski definition) is 0. The largest absolute Gasteiger partial charge is 0.192 e. The van der Waals surface area contributed by atoms with Gasteiger partial charge in [0, 0.05) is 5.33 Å². The highest BCUT2D eigenvalue weighted by Crippen LogP contribution is 2.13. The number of aryl methyl sites for hydroxylation is 2. The van der Waals surface area contributed by atoms with Crippen molar-refractivity contribution in [2.75, 3.05) is 5.33 Å². The van der Waals surface area contributed by atoms with Crippen molar-refractivity contribution in [1.29, 1.82) is 5.26 Å². The van der Waals surface area contributed by atoms with E-state index in [2.05, 4.69) is 35.0 Å². The summed E-state index contributed by atoms with van der Waals surface area (Å²) in [6.45, 7) is 2.05. The average molecular weight is 238 g/mol. The lowest BCUT2D eigenvalue weighted by atomic mass is 10.0. The maximum Gasteiger partial charge on any atom is 0.0994 e. The van der Waals surface area contributed by atoms with Crippen LogP contribution in [0.1, 0.15) is 23.1 Å². The zero-order chi connectivity index (χ0) is 9.68. The van der Waals surface area contributed by atoms with Gasteiger partial charge in [-0.2, -0.15) is 5.26 Å². The third kappa shape index (κ3) is 2.86. The molecule has 1 nitrogen and oxygen atoms in total. The summed E-state index contributed by atoms with van der Waals surface area (Å²) in [6.07, 6.45) is 2.06. The monoisotopic (exact) mass is 237 g/mol. The molecule has 1 aromatic carbocycles. The van der Waals surface area contributed by atoms with Crippen LogP contribution in [0, 0.1) is 18.3 Å². The second-order valence-corrected chi connectivity index (χ2v) is 3.86. The predicted octanol–water partition coefficient (Wildman–Crippen LogP) is 3.19. The molecule has 0 N–H and O–H groups in total. The van der Waals surface area contributed by atoms with Gasteiger partial charge < -0.3 is 0 Å². The van der Waals surface area contributed by atoms with E-state index < -0.39 is 0 Å². The minimum absolute atomic E-state index is 0.812. The van der Waals surface area contributed by atoms with Gasteiger partial charge in [-0.25, -0.2) is 0 Å². The molecule has 68 valence electrons. The van der Waals surface area contributed by atoms with Crippen LogP contribution >= 0.6 is 15.9 Å². The van der Waals surface area contributed by atoms with E-state index in [1.807, 2.05) is 12.1 Å². The van der Waals surface area contributed by atoms with Crippen molar-refractivity contribution in [3.8, 4) is 6.07 Å². The fraction of sp³-hybridized carbons (Fsp3) is 0.364. The Hall–Kier alpha value is -0.810. The summed E-state index contributed by atoms with van der Waals surface area (Å²) in [7, 11) is 0. The maximum absolute atomic E-state index is 8.85. The molecular weight excluding hydrogens is 226 g/mol. The molecule has 0 saturated heterocycles. The Bertz CT molecular complexity index is 325. The second-order valence-electron chi connectivity index (χ2n) is 3.06. The van der Waals surface area contributed by atoms with E-state index in [1.165, 1.54) is 11.1 Å². The molecule has 0 bridgehead atoms. The van der Waals surface area contributed by atoms with E-state index in [0.717, 1.165) is 23.7 Å². The van der Waals surface area contributed by atoms with E-state index in [1.54, 1.807) is 0 Å². The Kier molecular flexibility index (Phi) is 3.98. The molecular formula is C11H12BrN. The van der Waals surface area contributed by atoms with Crippen molar-refractivity contribution in [2.45, 2.75) is 19.8 Å². The van der Waals surface area contributed by atoms with Crippen LogP contribution in [0.15, 0.2) is 18.2 Å². The van der Waals surface area contributed by atoms with Crippen molar-refractivity contribution in [3.05, 3.63) is 34.9 Å². The third-order valence-electron chi connectivity index (χ3n) is 1.96. The van der Waals surface area contributed by atoms with Crippen LogP contribution < -0.4 is 0 Å². The van der Waals surface area contributed by atoms with Gasteiger partial charge in [0.15, 0.2) is 0 Å². The first-order valence-corrected chi connectivity index (χ1v) is 5.45. The molecule has 2 heteroatoms. The SMILES string of the molecule is Cc1ccc(C#N)c(CCCBr)c1. The molecule has 0 heterocycles. The maximum atomic E-state index is 8.85. The lowest BCUT2D eigenvalue weighted by Crippen LogP contribution is -1.92. The molecule has 0 aliphatic heterocycles. The zero-order valence-electron chi connectivity index (χ0n) is 7.68. The smallest absolute Gasteiger partial charge is 0.0994 e. The molecule has 0 aromatic heterocycles. The van der Waals surface area contributed by atoms with Crippen LogP contribution in [0.3, 0.4) is 0 Å². The standard InChI is InChI=1S/C11H12BrN/c1-9-4-5-11(8-13)10(7-9)3-2-6-12/h4-5,7H,2-3,6H2,1H3. The fourth-order valence-corrected chi connectivity index (χ4v) is 1.58. The van der Waals surface area contributed by atoms with Gasteiger partial charge in [-0.1, -0.05) is 33.6 Å². The summed E-state index contributed by atoms with van der Waals surface area (Å²) in [4.78, 5) is 0. The van der Waals surface area contributed by atoms with Gasteiger partial charge in [-0.05, 0) is 31.4 Å². The van der Waals surface area contributed by atoms with Crippen molar-refractivity contribution in [1.82, 2.24) is 0 Å². The Morgan fingerprint density at radius 2 is 2.23 bits per heavy atom. The number of nitriles is 1.